The molecule has 1 saturated heterocycles. The van der Waals surface area contributed by atoms with Gasteiger partial charge in [-0.05, 0) is 56.3 Å². The maximum atomic E-state index is 13.3. The highest BCUT2D eigenvalue weighted by Crippen LogP contribution is 2.37. The summed E-state index contributed by atoms with van der Waals surface area (Å²) >= 11 is 0. The number of rotatable bonds is 3. The molecule has 25 heavy (non-hydrogen) atoms. The minimum absolute atomic E-state index is 0.257. The summed E-state index contributed by atoms with van der Waals surface area (Å²) in [7, 11) is 0. The first-order valence-electron chi connectivity index (χ1n) is 8.35. The van der Waals surface area contributed by atoms with Crippen LogP contribution < -0.4 is 11.1 Å². The Hall–Kier alpha value is -2.80. The highest BCUT2D eigenvalue weighted by molar-refractivity contribution is 5.79. The number of benzene rings is 1. The van der Waals surface area contributed by atoms with Crippen LogP contribution in [0.4, 0.5) is 10.3 Å². The molecule has 3 heterocycles. The summed E-state index contributed by atoms with van der Waals surface area (Å²) in [6.07, 6.45) is 5.16. The molecule has 2 aromatic heterocycles. The molecule has 0 saturated carbocycles. The van der Waals surface area contributed by atoms with Crippen molar-refractivity contribution in [3.05, 3.63) is 48.7 Å². The maximum Gasteiger partial charge on any atom is 0.201 e. The van der Waals surface area contributed by atoms with Gasteiger partial charge in [-0.3, -0.25) is 0 Å². The second-order valence-electron chi connectivity index (χ2n) is 6.12. The van der Waals surface area contributed by atoms with E-state index >= 15 is 0 Å². The van der Waals surface area contributed by atoms with Gasteiger partial charge in [-0.25, -0.2) is 19.3 Å². The Morgan fingerprint density at radius 1 is 1.12 bits per heavy atom. The minimum Gasteiger partial charge on any atom is -0.369 e. The third-order valence-electron chi connectivity index (χ3n) is 4.55. The smallest absolute Gasteiger partial charge is 0.201 e. The fourth-order valence-electron chi connectivity index (χ4n) is 3.37. The van der Waals surface area contributed by atoms with E-state index in [1.165, 1.54) is 18.5 Å². The molecule has 0 unspecified atom stereocenters. The van der Waals surface area contributed by atoms with Gasteiger partial charge in [-0.15, -0.1) is 0 Å². The van der Waals surface area contributed by atoms with Crippen LogP contribution in [0.25, 0.3) is 22.6 Å². The summed E-state index contributed by atoms with van der Waals surface area (Å²) in [6.45, 7) is 1.88. The topological polar surface area (TPSA) is 81.7 Å². The van der Waals surface area contributed by atoms with Crippen molar-refractivity contribution in [3.8, 4) is 22.6 Å². The lowest BCUT2D eigenvalue weighted by atomic mass is 10.0. The molecule has 3 aromatic rings. The van der Waals surface area contributed by atoms with Gasteiger partial charge in [0.2, 0.25) is 5.95 Å². The second kappa shape index (κ2) is 6.60. The van der Waals surface area contributed by atoms with Gasteiger partial charge in [0.1, 0.15) is 17.8 Å². The molecule has 3 N–H and O–H groups in total. The first-order chi connectivity index (χ1) is 12.2. The summed E-state index contributed by atoms with van der Waals surface area (Å²) < 4.78 is 15.4. The average Bonchev–Trinajstić information content (AvgIpc) is 3.01. The first-order valence-corrected chi connectivity index (χ1v) is 8.35. The highest BCUT2D eigenvalue weighted by Gasteiger charge is 2.26. The van der Waals surface area contributed by atoms with Crippen molar-refractivity contribution in [2.45, 2.75) is 18.9 Å². The predicted molar refractivity (Wildman–Crippen MR) is 94.2 cm³/mol. The summed E-state index contributed by atoms with van der Waals surface area (Å²) in [5.41, 5.74) is 9.44. The van der Waals surface area contributed by atoms with Crippen LogP contribution in [-0.2, 0) is 0 Å². The molecule has 0 bridgehead atoms. The molecule has 1 aliphatic heterocycles. The minimum atomic E-state index is -0.280. The van der Waals surface area contributed by atoms with Gasteiger partial charge in [-0.1, -0.05) is 0 Å². The number of aromatic nitrogens is 4. The lowest BCUT2D eigenvalue weighted by molar-refractivity contribution is 0.374. The van der Waals surface area contributed by atoms with Crippen LogP contribution in [0.1, 0.15) is 18.9 Å². The third kappa shape index (κ3) is 2.98. The second-order valence-corrected chi connectivity index (χ2v) is 6.12. The van der Waals surface area contributed by atoms with Gasteiger partial charge in [0.05, 0.1) is 11.4 Å². The van der Waals surface area contributed by atoms with Crippen LogP contribution in [0, 0.1) is 5.82 Å². The molecule has 0 spiro atoms. The Bertz CT molecular complexity index is 853. The van der Waals surface area contributed by atoms with Crippen molar-refractivity contribution in [3.63, 3.8) is 0 Å². The van der Waals surface area contributed by atoms with E-state index in [4.69, 9.17) is 5.73 Å². The molecule has 7 heteroatoms. The van der Waals surface area contributed by atoms with E-state index in [9.17, 15) is 4.39 Å². The van der Waals surface area contributed by atoms with Crippen molar-refractivity contribution in [1.82, 2.24) is 24.8 Å². The normalized spacial score (nSPS) is 15.4. The Labute approximate surface area is 144 Å². The van der Waals surface area contributed by atoms with Crippen molar-refractivity contribution < 1.29 is 4.39 Å². The average molecular weight is 338 g/mol. The zero-order valence-corrected chi connectivity index (χ0v) is 13.7. The first kappa shape index (κ1) is 15.7. The monoisotopic (exact) mass is 338 g/mol. The quantitative estimate of drug-likeness (QED) is 0.767. The van der Waals surface area contributed by atoms with E-state index < -0.39 is 0 Å². The molecular weight excluding hydrogens is 319 g/mol. The summed E-state index contributed by atoms with van der Waals surface area (Å²) in [5, 5.41) is 3.37. The summed E-state index contributed by atoms with van der Waals surface area (Å²) in [6, 6.07) is 8.40. The van der Waals surface area contributed by atoms with E-state index in [1.807, 2.05) is 6.07 Å². The molecule has 1 aliphatic rings. The molecule has 0 radical (unpaired) electrons. The van der Waals surface area contributed by atoms with Crippen molar-refractivity contribution in [1.29, 1.82) is 0 Å². The number of nitrogen functional groups attached to an aromatic ring is 1. The molecule has 4 rings (SSSR count). The highest BCUT2D eigenvalue weighted by atomic mass is 19.1. The number of halogens is 1. The fraction of sp³-hybridized carbons (Fsp3) is 0.278. The van der Waals surface area contributed by atoms with Gasteiger partial charge in [-0.2, -0.15) is 0 Å². The zero-order chi connectivity index (χ0) is 17.2. The van der Waals surface area contributed by atoms with E-state index in [1.54, 1.807) is 18.3 Å². The van der Waals surface area contributed by atoms with Crippen LogP contribution in [0.2, 0.25) is 0 Å². The summed E-state index contributed by atoms with van der Waals surface area (Å²) in [4.78, 5) is 13.0. The Balaban J connectivity index is 1.90. The van der Waals surface area contributed by atoms with E-state index in [-0.39, 0.29) is 11.9 Å². The predicted octanol–water partition coefficient (Wildman–Crippen LogP) is 2.65. The van der Waals surface area contributed by atoms with Crippen LogP contribution in [0.5, 0.6) is 0 Å². The number of nitrogens with two attached hydrogens (primary N) is 1. The lowest BCUT2D eigenvalue weighted by Gasteiger charge is -2.26. The SMILES string of the molecule is Nc1nc(-c2ccc(F)cc2)c(-c2ccncn2)n1C1CCNCC1. The van der Waals surface area contributed by atoms with Crippen LogP contribution >= 0.6 is 0 Å². The standard InChI is InChI=1S/C18H19FN6/c19-13-3-1-12(2-4-13)16-17(15-7-10-22-11-23-15)25(18(20)24-16)14-5-8-21-9-6-14/h1-4,7,10-11,14,21H,5-6,8-9H2,(H2,20,24). The van der Waals surface area contributed by atoms with Crippen LogP contribution in [0.3, 0.4) is 0 Å². The largest absolute Gasteiger partial charge is 0.369 e. The number of hydrogen-bond donors (Lipinski definition) is 2. The van der Waals surface area contributed by atoms with Crippen LogP contribution in [0.15, 0.2) is 42.9 Å². The number of hydrogen-bond acceptors (Lipinski definition) is 5. The summed E-state index contributed by atoms with van der Waals surface area (Å²) in [5.74, 6) is 0.179. The zero-order valence-electron chi connectivity index (χ0n) is 13.7. The molecule has 6 nitrogen and oxygen atoms in total. The number of nitrogens with zero attached hydrogens (tertiary/aromatic N) is 4. The molecular formula is C18H19FN6. The fourth-order valence-corrected chi connectivity index (χ4v) is 3.37. The van der Waals surface area contributed by atoms with Crippen LogP contribution in [-0.4, -0.2) is 32.6 Å². The molecule has 1 fully saturated rings. The van der Waals surface area contributed by atoms with E-state index in [2.05, 4.69) is 24.8 Å². The number of anilines is 1. The number of imidazole rings is 1. The van der Waals surface area contributed by atoms with Gasteiger partial charge >= 0.3 is 0 Å². The molecule has 1 aromatic carbocycles. The molecule has 128 valence electrons. The molecule has 0 atom stereocenters. The van der Waals surface area contributed by atoms with Gasteiger partial charge in [0, 0.05) is 17.8 Å². The Morgan fingerprint density at radius 3 is 2.56 bits per heavy atom. The molecule has 0 aliphatic carbocycles. The van der Waals surface area contributed by atoms with Crippen molar-refractivity contribution >= 4 is 5.95 Å². The van der Waals surface area contributed by atoms with Crippen molar-refractivity contribution in [2.75, 3.05) is 18.8 Å². The Morgan fingerprint density at radius 2 is 1.88 bits per heavy atom. The molecule has 0 amide bonds. The number of nitrogens with one attached hydrogen (secondary N) is 1. The van der Waals surface area contributed by atoms with E-state index in [0.717, 1.165) is 48.6 Å². The maximum absolute atomic E-state index is 13.3. The third-order valence-corrected chi connectivity index (χ3v) is 4.55. The van der Waals surface area contributed by atoms with Gasteiger partial charge < -0.3 is 15.6 Å². The van der Waals surface area contributed by atoms with E-state index in [0.29, 0.717) is 5.95 Å². The number of piperidine rings is 1. The lowest BCUT2D eigenvalue weighted by Crippen LogP contribution is -2.30. The van der Waals surface area contributed by atoms with Gasteiger partial charge in [0.15, 0.2) is 0 Å². The Kier molecular flexibility index (Phi) is 4.15. The van der Waals surface area contributed by atoms with Crippen molar-refractivity contribution in [2.24, 2.45) is 0 Å². The van der Waals surface area contributed by atoms with Gasteiger partial charge in [0.25, 0.3) is 0 Å².